The van der Waals surface area contributed by atoms with Gasteiger partial charge in [0.15, 0.2) is 22.3 Å². The molecule has 0 bridgehead atoms. The van der Waals surface area contributed by atoms with Crippen molar-refractivity contribution in [2.24, 2.45) is 0 Å². The van der Waals surface area contributed by atoms with Crippen molar-refractivity contribution in [2.75, 3.05) is 0 Å². The maximum Gasteiger partial charge on any atom is 0.252 e. The van der Waals surface area contributed by atoms with E-state index >= 15 is 0 Å². The first-order valence-corrected chi connectivity index (χ1v) is 12.7. The Balaban J connectivity index is 1.65. The van der Waals surface area contributed by atoms with Crippen molar-refractivity contribution >= 4 is 67.5 Å². The fourth-order valence-corrected chi connectivity index (χ4v) is 6.65. The molecule has 0 fully saturated rings. The van der Waals surface area contributed by atoms with Crippen LogP contribution in [0.5, 0.6) is 0 Å². The second-order valence-electron chi connectivity index (χ2n) is 10.4. The van der Waals surface area contributed by atoms with Crippen molar-refractivity contribution in [3.63, 3.8) is 0 Å². The minimum atomic E-state index is 0.0729. The Bertz CT molecular complexity index is 2040. The van der Waals surface area contributed by atoms with Gasteiger partial charge in [0.2, 0.25) is 0 Å². The minimum absolute atomic E-state index is 0.0729. The molecule has 2 aliphatic rings. The van der Waals surface area contributed by atoms with E-state index in [1.165, 1.54) is 38.9 Å². The Morgan fingerprint density at radius 2 is 1.03 bits per heavy atom. The summed E-state index contributed by atoms with van der Waals surface area (Å²) in [6.45, 7) is 4.44. The van der Waals surface area contributed by atoms with E-state index in [-0.39, 0.29) is 6.71 Å². The van der Waals surface area contributed by atoms with Gasteiger partial charge in [-0.3, -0.25) is 0 Å². The highest BCUT2D eigenvalue weighted by Gasteiger charge is 2.40. The van der Waals surface area contributed by atoms with Crippen LogP contribution in [0.15, 0.2) is 99.8 Å². The van der Waals surface area contributed by atoms with Crippen molar-refractivity contribution in [3.8, 4) is 11.4 Å². The number of hydrogen-bond donors (Lipinski definition) is 0. The third-order valence-corrected chi connectivity index (χ3v) is 8.10. The molecule has 2 aliphatic heterocycles. The summed E-state index contributed by atoms with van der Waals surface area (Å²) in [5.74, 6) is 0. The van der Waals surface area contributed by atoms with Gasteiger partial charge in [-0.25, -0.2) is 0 Å². The lowest BCUT2D eigenvalue weighted by molar-refractivity contribution is 0.639. The molecule has 0 saturated carbocycles. The quantitative estimate of drug-likeness (QED) is 0.200. The average molecular weight is 476 g/mol. The van der Waals surface area contributed by atoms with Gasteiger partial charge in [-0.1, -0.05) is 59.7 Å². The number of fused-ring (bicyclic) bond motifs is 10. The van der Waals surface area contributed by atoms with Crippen molar-refractivity contribution in [1.82, 2.24) is 9.13 Å². The number of aromatic nitrogens is 2. The minimum Gasteiger partial charge on any atom is -0.453 e. The molecule has 0 atom stereocenters. The van der Waals surface area contributed by atoms with Crippen molar-refractivity contribution in [1.29, 1.82) is 0 Å². The molecule has 0 saturated heterocycles. The third-order valence-electron chi connectivity index (χ3n) is 8.10. The van der Waals surface area contributed by atoms with Gasteiger partial charge in [0.1, 0.15) is 0 Å². The molecule has 174 valence electrons. The molecule has 0 amide bonds. The summed E-state index contributed by atoms with van der Waals surface area (Å²) in [5, 5.41) is 0. The zero-order valence-corrected chi connectivity index (χ0v) is 20.4. The average Bonchev–Trinajstić information content (AvgIpc) is 2.91. The summed E-state index contributed by atoms with van der Waals surface area (Å²) in [5.41, 5.74) is 16.5. The standard InChI is InChI=1S/C32H21BN2O2/c1-18-11-13-22-20(15-18)33-21-16-19(2)12-14-23(21)35-25-8-4-6-10-27(25)37-29-17-28-31(30(33)32(29)35)34(22)24-7-3-5-9-26(24)36-28/h3-17H,1-2H3. The Morgan fingerprint density at radius 1 is 0.541 bits per heavy atom. The van der Waals surface area contributed by atoms with Crippen molar-refractivity contribution < 1.29 is 8.83 Å². The lowest BCUT2D eigenvalue weighted by atomic mass is 9.34. The Morgan fingerprint density at radius 3 is 1.54 bits per heavy atom. The number of rotatable bonds is 0. The van der Waals surface area contributed by atoms with Crippen LogP contribution in [0, 0.1) is 13.8 Å². The van der Waals surface area contributed by atoms with Gasteiger partial charge in [0.25, 0.3) is 6.71 Å². The summed E-state index contributed by atoms with van der Waals surface area (Å²) < 4.78 is 18.0. The maximum atomic E-state index is 6.60. The highest BCUT2D eigenvalue weighted by Crippen LogP contribution is 2.36. The normalized spacial score (nSPS) is 13.1. The first kappa shape index (κ1) is 19.5. The van der Waals surface area contributed by atoms with Crippen LogP contribution in [0.3, 0.4) is 0 Å². The Kier molecular flexibility index (Phi) is 3.47. The number of benzene rings is 5. The second kappa shape index (κ2) is 6.57. The van der Waals surface area contributed by atoms with Crippen LogP contribution in [0.1, 0.15) is 11.1 Å². The summed E-state index contributed by atoms with van der Waals surface area (Å²) >= 11 is 0. The number of para-hydroxylation sites is 4. The van der Waals surface area contributed by atoms with E-state index in [0.717, 1.165) is 44.4 Å². The van der Waals surface area contributed by atoms with Crippen LogP contribution < -0.4 is 16.4 Å². The van der Waals surface area contributed by atoms with Gasteiger partial charge in [0.05, 0.1) is 22.1 Å². The number of hydrogen-bond acceptors (Lipinski definition) is 2. The molecule has 4 nitrogen and oxygen atoms in total. The molecule has 0 unspecified atom stereocenters. The fraction of sp³-hybridized carbons (Fsp3) is 0.0625. The smallest absolute Gasteiger partial charge is 0.252 e. The van der Waals surface area contributed by atoms with Crippen LogP contribution >= 0.6 is 0 Å². The van der Waals surface area contributed by atoms with Crippen LogP contribution in [-0.2, 0) is 0 Å². The van der Waals surface area contributed by atoms with Crippen LogP contribution in [0.4, 0.5) is 0 Å². The molecule has 5 heteroatoms. The van der Waals surface area contributed by atoms with Crippen LogP contribution in [0.25, 0.3) is 55.8 Å². The van der Waals surface area contributed by atoms with E-state index in [1.807, 2.05) is 24.3 Å². The van der Waals surface area contributed by atoms with Crippen LogP contribution in [-0.4, -0.2) is 15.8 Å². The van der Waals surface area contributed by atoms with E-state index in [2.05, 4.69) is 89.7 Å². The van der Waals surface area contributed by atoms with Crippen molar-refractivity contribution in [3.05, 3.63) is 102 Å². The molecular formula is C32H21BN2O2. The molecule has 5 aromatic carbocycles. The largest absolute Gasteiger partial charge is 0.453 e. The second-order valence-corrected chi connectivity index (χ2v) is 10.4. The van der Waals surface area contributed by atoms with Gasteiger partial charge in [0, 0.05) is 17.4 Å². The first-order valence-electron chi connectivity index (χ1n) is 12.7. The van der Waals surface area contributed by atoms with Gasteiger partial charge in [-0.05, 0) is 66.6 Å². The molecule has 7 aromatic rings. The molecular weight excluding hydrogens is 455 g/mol. The maximum absolute atomic E-state index is 6.60. The number of aryl methyl sites for hydroxylation is 2. The van der Waals surface area contributed by atoms with Gasteiger partial charge in [-0.15, -0.1) is 0 Å². The Hall–Kier alpha value is -4.64. The predicted molar refractivity (Wildman–Crippen MR) is 151 cm³/mol. The molecule has 0 aliphatic carbocycles. The lowest BCUT2D eigenvalue weighted by Crippen LogP contribution is -2.60. The van der Waals surface area contributed by atoms with Gasteiger partial charge < -0.3 is 18.0 Å². The molecule has 37 heavy (non-hydrogen) atoms. The first-order chi connectivity index (χ1) is 18.2. The third kappa shape index (κ3) is 2.35. The Labute approximate surface area is 212 Å². The molecule has 9 rings (SSSR count). The molecule has 2 aromatic heterocycles. The molecule has 0 N–H and O–H groups in total. The van der Waals surface area contributed by atoms with E-state index in [9.17, 15) is 0 Å². The summed E-state index contributed by atoms with van der Waals surface area (Å²) in [7, 11) is 0. The fourth-order valence-electron chi connectivity index (χ4n) is 6.65. The van der Waals surface area contributed by atoms with Gasteiger partial charge >= 0.3 is 0 Å². The molecule has 0 radical (unpaired) electrons. The number of nitrogens with zero attached hydrogens (tertiary/aromatic N) is 2. The zero-order chi connectivity index (χ0) is 24.4. The molecule has 0 spiro atoms. The lowest BCUT2D eigenvalue weighted by Gasteiger charge is -2.35. The topological polar surface area (TPSA) is 36.1 Å². The summed E-state index contributed by atoms with van der Waals surface area (Å²) in [6, 6.07) is 32.4. The summed E-state index contributed by atoms with van der Waals surface area (Å²) in [4.78, 5) is 0. The predicted octanol–water partition coefficient (Wildman–Crippen LogP) is 5.95. The van der Waals surface area contributed by atoms with E-state index < -0.39 is 0 Å². The zero-order valence-electron chi connectivity index (χ0n) is 20.4. The van der Waals surface area contributed by atoms with E-state index in [1.54, 1.807) is 0 Å². The monoisotopic (exact) mass is 476 g/mol. The van der Waals surface area contributed by atoms with Crippen LogP contribution in [0.2, 0.25) is 0 Å². The summed E-state index contributed by atoms with van der Waals surface area (Å²) in [6.07, 6.45) is 0. The SMILES string of the molecule is Cc1ccc2c(c1)B1c3cc(C)ccc3-n3c4ccccc4oc4cc5oc6ccccc6n-2c5c1c43. The highest BCUT2D eigenvalue weighted by atomic mass is 16.3. The van der Waals surface area contributed by atoms with Crippen molar-refractivity contribution in [2.45, 2.75) is 13.8 Å². The van der Waals surface area contributed by atoms with Gasteiger partial charge in [-0.2, -0.15) is 0 Å². The van der Waals surface area contributed by atoms with E-state index in [4.69, 9.17) is 8.83 Å². The highest BCUT2D eigenvalue weighted by molar-refractivity contribution is 7.00. The van der Waals surface area contributed by atoms with E-state index in [0.29, 0.717) is 0 Å². The molecule has 4 heterocycles.